The van der Waals surface area contributed by atoms with Crippen LogP contribution in [0.15, 0.2) is 0 Å². The SMILES string of the molecule is O=C(COC1CCC(Cl)C(F)C1)NC12CC(NC3NNC(C4CCC(Cl)CC4)O3)(C1)C2. The Morgan fingerprint density at radius 3 is 2.52 bits per heavy atom. The van der Waals surface area contributed by atoms with E-state index in [4.69, 9.17) is 32.7 Å². The summed E-state index contributed by atoms with van der Waals surface area (Å²) in [6, 6.07) is 0. The molecule has 1 heterocycles. The number of alkyl halides is 3. The van der Waals surface area contributed by atoms with Gasteiger partial charge in [-0.1, -0.05) is 0 Å². The van der Waals surface area contributed by atoms with Crippen LogP contribution in [0.3, 0.4) is 0 Å². The minimum Gasteiger partial charge on any atom is -0.368 e. The van der Waals surface area contributed by atoms with Crippen molar-refractivity contribution in [2.75, 3.05) is 6.61 Å². The molecule has 6 aliphatic rings. The first-order valence-electron chi connectivity index (χ1n) is 11.6. The number of halogens is 3. The van der Waals surface area contributed by atoms with Crippen LogP contribution >= 0.6 is 23.2 Å². The summed E-state index contributed by atoms with van der Waals surface area (Å²) in [5, 5.41) is 6.56. The molecular weight excluding hydrogens is 446 g/mol. The minimum absolute atomic E-state index is 0.0117. The molecule has 1 saturated heterocycles. The summed E-state index contributed by atoms with van der Waals surface area (Å²) in [6.07, 6.45) is 7.01. The van der Waals surface area contributed by atoms with Crippen molar-refractivity contribution < 1.29 is 18.7 Å². The van der Waals surface area contributed by atoms with Gasteiger partial charge in [0.25, 0.3) is 0 Å². The van der Waals surface area contributed by atoms with Gasteiger partial charge >= 0.3 is 0 Å². The molecule has 0 aromatic rings. The van der Waals surface area contributed by atoms with Crippen molar-refractivity contribution in [2.45, 2.75) is 111 Å². The van der Waals surface area contributed by atoms with E-state index in [1.54, 1.807) is 0 Å². The molecule has 10 heteroatoms. The highest BCUT2D eigenvalue weighted by molar-refractivity contribution is 6.21. The molecule has 0 spiro atoms. The van der Waals surface area contributed by atoms with E-state index in [9.17, 15) is 9.18 Å². The van der Waals surface area contributed by atoms with Crippen LogP contribution in [0.5, 0.6) is 0 Å². The second-order valence-electron chi connectivity index (χ2n) is 10.3. The number of nitrogens with one attached hydrogen (secondary N) is 4. The number of hydrazine groups is 1. The van der Waals surface area contributed by atoms with E-state index < -0.39 is 11.5 Å². The van der Waals surface area contributed by atoms with Gasteiger partial charge in [-0.2, -0.15) is 0 Å². The van der Waals surface area contributed by atoms with Crippen LogP contribution in [0.2, 0.25) is 0 Å². The quantitative estimate of drug-likeness (QED) is 0.420. The highest BCUT2D eigenvalue weighted by Gasteiger charge is 2.69. The molecule has 2 bridgehead atoms. The van der Waals surface area contributed by atoms with Crippen molar-refractivity contribution in [1.29, 1.82) is 0 Å². The van der Waals surface area contributed by atoms with Gasteiger partial charge in [-0.3, -0.25) is 10.1 Å². The lowest BCUT2D eigenvalue weighted by Crippen LogP contribution is -2.84. The lowest BCUT2D eigenvalue weighted by atomic mass is 9.44. The van der Waals surface area contributed by atoms with Crippen LogP contribution in [0.4, 0.5) is 4.39 Å². The van der Waals surface area contributed by atoms with Gasteiger partial charge in [-0.25, -0.2) is 15.2 Å². The molecule has 4 N–H and O–H groups in total. The van der Waals surface area contributed by atoms with Gasteiger partial charge in [0, 0.05) is 22.9 Å². The molecule has 6 fully saturated rings. The maximum absolute atomic E-state index is 13.7. The van der Waals surface area contributed by atoms with Crippen LogP contribution in [0, 0.1) is 5.92 Å². The smallest absolute Gasteiger partial charge is 0.246 e. The maximum Gasteiger partial charge on any atom is 0.246 e. The van der Waals surface area contributed by atoms with E-state index in [-0.39, 0.29) is 48.7 Å². The molecule has 31 heavy (non-hydrogen) atoms. The van der Waals surface area contributed by atoms with Gasteiger partial charge in [0.05, 0.1) is 11.5 Å². The molecule has 5 saturated carbocycles. The average molecular weight is 479 g/mol. The summed E-state index contributed by atoms with van der Waals surface area (Å²) in [4.78, 5) is 12.3. The normalized spacial score (nSPS) is 49.2. The van der Waals surface area contributed by atoms with Gasteiger partial charge in [-0.05, 0) is 63.7 Å². The molecule has 5 unspecified atom stereocenters. The maximum atomic E-state index is 13.7. The summed E-state index contributed by atoms with van der Waals surface area (Å²) in [6.45, 7) is -0.0179. The standard InChI is InChI=1S/C21H33Cl2FN4O3/c22-13-3-1-12(2-4-13)18-27-28-19(31-18)26-21-9-20(10-21,11-21)25-17(29)8-30-14-5-6-15(23)16(24)7-14/h12-16,18-19,26-28H,1-11H2,(H,25,29). The Hall–Kier alpha value is -0.220. The highest BCUT2D eigenvalue weighted by Crippen LogP contribution is 2.60. The molecule has 0 aromatic carbocycles. The van der Waals surface area contributed by atoms with Crippen LogP contribution < -0.4 is 21.5 Å². The molecule has 7 nitrogen and oxygen atoms in total. The van der Waals surface area contributed by atoms with Crippen molar-refractivity contribution in [2.24, 2.45) is 5.92 Å². The number of amides is 1. The molecule has 5 atom stereocenters. The van der Waals surface area contributed by atoms with E-state index in [0.717, 1.165) is 44.9 Å². The summed E-state index contributed by atoms with van der Waals surface area (Å²) in [5.74, 6) is 0.365. The fraction of sp³-hybridized carbons (Fsp3) is 0.952. The van der Waals surface area contributed by atoms with E-state index in [1.807, 2.05) is 0 Å². The van der Waals surface area contributed by atoms with Gasteiger partial charge in [0.2, 0.25) is 5.91 Å². The van der Waals surface area contributed by atoms with E-state index in [0.29, 0.717) is 24.1 Å². The minimum atomic E-state index is -1.05. The first-order valence-corrected chi connectivity index (χ1v) is 12.5. The van der Waals surface area contributed by atoms with E-state index >= 15 is 0 Å². The predicted molar refractivity (Wildman–Crippen MR) is 115 cm³/mol. The number of hydrogen-bond donors (Lipinski definition) is 4. The van der Waals surface area contributed by atoms with Crippen LogP contribution in [0.25, 0.3) is 0 Å². The molecule has 5 aliphatic carbocycles. The van der Waals surface area contributed by atoms with Crippen molar-refractivity contribution >= 4 is 29.1 Å². The molecule has 0 radical (unpaired) electrons. The second kappa shape index (κ2) is 8.85. The number of rotatable bonds is 7. The van der Waals surface area contributed by atoms with Gasteiger partial charge < -0.3 is 14.8 Å². The van der Waals surface area contributed by atoms with Crippen molar-refractivity contribution in [3.63, 3.8) is 0 Å². The topological polar surface area (TPSA) is 83.7 Å². The second-order valence-corrected chi connectivity index (χ2v) is 11.5. The zero-order chi connectivity index (χ0) is 21.6. The third kappa shape index (κ3) is 4.86. The lowest BCUT2D eigenvalue weighted by molar-refractivity contribution is -0.159. The monoisotopic (exact) mass is 478 g/mol. The Kier molecular flexibility index (Phi) is 6.45. The zero-order valence-corrected chi connectivity index (χ0v) is 19.2. The number of hydrogen-bond acceptors (Lipinski definition) is 6. The number of carbonyl (C=O) groups excluding carboxylic acids is 1. The van der Waals surface area contributed by atoms with Gasteiger partial charge in [-0.15, -0.1) is 23.2 Å². The average Bonchev–Trinajstić information content (AvgIpc) is 3.15. The molecular formula is C21H33Cl2FN4O3. The van der Waals surface area contributed by atoms with Gasteiger partial charge in [0.15, 0.2) is 6.35 Å². The first-order chi connectivity index (χ1) is 14.8. The Morgan fingerprint density at radius 1 is 1.06 bits per heavy atom. The lowest BCUT2D eigenvalue weighted by Gasteiger charge is -2.71. The van der Waals surface area contributed by atoms with Crippen molar-refractivity contribution in [3.8, 4) is 0 Å². The Morgan fingerprint density at radius 2 is 1.81 bits per heavy atom. The van der Waals surface area contributed by atoms with Crippen molar-refractivity contribution in [3.05, 3.63) is 0 Å². The Bertz CT molecular complexity index is 661. The Balaban J connectivity index is 0.993. The summed E-state index contributed by atoms with van der Waals surface area (Å²) >= 11 is 12.1. The number of ether oxygens (including phenoxy) is 2. The zero-order valence-electron chi connectivity index (χ0n) is 17.7. The molecule has 1 amide bonds. The summed E-state index contributed by atoms with van der Waals surface area (Å²) < 4.78 is 25.5. The van der Waals surface area contributed by atoms with Gasteiger partial charge in [0.1, 0.15) is 19.0 Å². The van der Waals surface area contributed by atoms with E-state index in [1.165, 1.54) is 0 Å². The summed E-state index contributed by atoms with van der Waals surface area (Å²) in [7, 11) is 0. The summed E-state index contributed by atoms with van der Waals surface area (Å²) in [5.41, 5.74) is 6.39. The van der Waals surface area contributed by atoms with Crippen LogP contribution in [-0.4, -0.2) is 59.2 Å². The molecule has 6 rings (SSSR count). The van der Waals surface area contributed by atoms with Crippen molar-refractivity contribution in [1.82, 2.24) is 21.5 Å². The highest BCUT2D eigenvalue weighted by atomic mass is 35.5. The molecule has 1 aliphatic heterocycles. The van der Waals surface area contributed by atoms with E-state index in [2.05, 4.69) is 21.5 Å². The third-order valence-electron chi connectivity index (χ3n) is 7.74. The fourth-order valence-electron chi connectivity index (χ4n) is 6.12. The first kappa shape index (κ1) is 22.6. The Labute approximate surface area is 192 Å². The van der Waals surface area contributed by atoms with Crippen LogP contribution in [-0.2, 0) is 14.3 Å². The molecule has 0 aromatic heterocycles. The fourth-order valence-corrected chi connectivity index (χ4v) is 6.60. The molecule has 176 valence electrons. The largest absolute Gasteiger partial charge is 0.368 e. The number of carbonyl (C=O) groups is 1. The van der Waals surface area contributed by atoms with Crippen LogP contribution in [0.1, 0.15) is 64.2 Å². The third-order valence-corrected chi connectivity index (χ3v) is 8.66. The predicted octanol–water partition coefficient (Wildman–Crippen LogP) is 2.41.